The summed E-state index contributed by atoms with van der Waals surface area (Å²) in [6, 6.07) is 3.38. The number of rotatable bonds is 2. The number of carbonyl (C=O) groups excluding carboxylic acids is 1. The van der Waals surface area contributed by atoms with Gasteiger partial charge in [-0.05, 0) is 31.9 Å². The number of fused-ring (bicyclic) bond motifs is 3. The summed E-state index contributed by atoms with van der Waals surface area (Å²) in [5.74, 6) is 0.896. The summed E-state index contributed by atoms with van der Waals surface area (Å²) in [4.78, 5) is 14.4. The van der Waals surface area contributed by atoms with Crippen LogP contribution in [0.15, 0.2) is 12.1 Å². The van der Waals surface area contributed by atoms with Gasteiger partial charge in [-0.2, -0.15) is 0 Å². The third-order valence-corrected chi connectivity index (χ3v) is 5.29. The van der Waals surface area contributed by atoms with Crippen LogP contribution in [0.5, 0.6) is 11.5 Å². The molecule has 0 spiro atoms. The molecule has 5 nitrogen and oxygen atoms in total. The van der Waals surface area contributed by atoms with Crippen LogP contribution in [0.1, 0.15) is 48.0 Å². The van der Waals surface area contributed by atoms with E-state index in [2.05, 4.69) is 4.90 Å². The normalized spacial score (nSPS) is 30.7. The van der Waals surface area contributed by atoms with Gasteiger partial charge in [0.25, 0.3) is 0 Å². The van der Waals surface area contributed by atoms with Crippen molar-refractivity contribution >= 4 is 5.78 Å². The van der Waals surface area contributed by atoms with Crippen LogP contribution >= 0.6 is 0 Å². The van der Waals surface area contributed by atoms with Crippen LogP contribution in [0, 0.1) is 0 Å². The molecule has 3 aliphatic rings. The average Bonchev–Trinajstić information content (AvgIpc) is 3.05. The number of aromatic hydroxyl groups is 1. The molecule has 0 aromatic heterocycles. The molecule has 1 aromatic carbocycles. The van der Waals surface area contributed by atoms with Gasteiger partial charge in [-0.25, -0.2) is 0 Å². The number of benzene rings is 1. The first-order chi connectivity index (χ1) is 10.6. The summed E-state index contributed by atoms with van der Waals surface area (Å²) in [7, 11) is 0. The average molecular weight is 303 g/mol. The van der Waals surface area contributed by atoms with Crippen molar-refractivity contribution in [3.63, 3.8) is 0 Å². The summed E-state index contributed by atoms with van der Waals surface area (Å²) in [6.07, 6.45) is 3.03. The first-order valence-corrected chi connectivity index (χ1v) is 8.02. The topological polar surface area (TPSA) is 59.0 Å². The lowest BCUT2D eigenvalue weighted by molar-refractivity contribution is -0.115. The van der Waals surface area contributed by atoms with Crippen LogP contribution in [0.3, 0.4) is 0 Å². The SMILES string of the molecule is CC(=O)c1c(O)ccc2c1[C@@H]1CCC[C@]1(N1CCOCC1)O2. The lowest BCUT2D eigenvalue weighted by Gasteiger charge is -2.42. The monoisotopic (exact) mass is 303 g/mol. The second-order valence-corrected chi connectivity index (χ2v) is 6.42. The van der Waals surface area contributed by atoms with Crippen LogP contribution in [0.25, 0.3) is 0 Å². The number of hydrogen-bond acceptors (Lipinski definition) is 5. The minimum Gasteiger partial charge on any atom is -0.507 e. The molecule has 1 saturated carbocycles. The Morgan fingerprint density at radius 2 is 2.14 bits per heavy atom. The Morgan fingerprint density at radius 1 is 1.36 bits per heavy atom. The molecule has 0 unspecified atom stereocenters. The third kappa shape index (κ3) is 1.82. The fourth-order valence-electron chi connectivity index (χ4n) is 4.42. The number of nitrogens with zero attached hydrogens (tertiary/aromatic N) is 1. The maximum Gasteiger partial charge on any atom is 0.170 e. The van der Waals surface area contributed by atoms with Gasteiger partial charge < -0.3 is 14.6 Å². The molecule has 0 bridgehead atoms. The summed E-state index contributed by atoms with van der Waals surface area (Å²) < 4.78 is 11.9. The van der Waals surface area contributed by atoms with E-state index in [4.69, 9.17) is 9.47 Å². The Balaban J connectivity index is 1.81. The van der Waals surface area contributed by atoms with Crippen molar-refractivity contribution in [2.24, 2.45) is 0 Å². The molecule has 0 radical (unpaired) electrons. The molecule has 0 amide bonds. The Hall–Kier alpha value is -1.59. The minimum absolute atomic E-state index is 0.0690. The number of hydrogen-bond donors (Lipinski definition) is 1. The lowest BCUT2D eigenvalue weighted by atomic mass is 9.87. The zero-order chi connectivity index (χ0) is 15.3. The van der Waals surface area contributed by atoms with E-state index in [0.717, 1.165) is 56.9 Å². The van der Waals surface area contributed by atoms with E-state index >= 15 is 0 Å². The largest absolute Gasteiger partial charge is 0.507 e. The van der Waals surface area contributed by atoms with Gasteiger partial charge in [0.15, 0.2) is 11.5 Å². The van der Waals surface area contributed by atoms with Gasteiger partial charge in [0.2, 0.25) is 0 Å². The second kappa shape index (κ2) is 4.96. The fraction of sp³-hybridized carbons (Fsp3) is 0.588. The van der Waals surface area contributed by atoms with Gasteiger partial charge in [-0.3, -0.25) is 9.69 Å². The van der Waals surface area contributed by atoms with Crippen LogP contribution < -0.4 is 4.74 Å². The quantitative estimate of drug-likeness (QED) is 0.849. The lowest BCUT2D eigenvalue weighted by Crippen LogP contribution is -2.56. The highest BCUT2D eigenvalue weighted by atomic mass is 16.5. The van der Waals surface area contributed by atoms with Crippen molar-refractivity contribution in [2.45, 2.75) is 37.8 Å². The first-order valence-electron chi connectivity index (χ1n) is 8.02. The standard InChI is InChI=1S/C17H21NO4/c1-11(19)15-13(20)4-5-14-16(15)12-3-2-6-17(12,22-14)18-7-9-21-10-8-18/h4-5,12,20H,2-3,6-10H2,1H3/t12-,17-/m0/s1. The Bertz CT molecular complexity index is 623. The van der Waals surface area contributed by atoms with Crippen molar-refractivity contribution in [3.05, 3.63) is 23.3 Å². The van der Waals surface area contributed by atoms with E-state index in [1.165, 1.54) is 6.92 Å². The predicted octanol–water partition coefficient (Wildman–Crippen LogP) is 2.28. The first kappa shape index (κ1) is 14.0. The molecular weight excluding hydrogens is 282 g/mol. The van der Waals surface area contributed by atoms with Gasteiger partial charge in [-0.15, -0.1) is 0 Å². The number of morpholine rings is 1. The van der Waals surface area contributed by atoms with Crippen LogP contribution in [-0.4, -0.2) is 47.8 Å². The molecule has 2 fully saturated rings. The number of ketones is 1. The number of phenols is 1. The molecule has 22 heavy (non-hydrogen) atoms. The molecule has 1 aliphatic carbocycles. The van der Waals surface area contributed by atoms with E-state index in [1.54, 1.807) is 12.1 Å². The molecule has 118 valence electrons. The highest BCUT2D eigenvalue weighted by molar-refractivity contribution is 5.99. The van der Waals surface area contributed by atoms with E-state index < -0.39 is 0 Å². The van der Waals surface area contributed by atoms with Crippen molar-refractivity contribution in [2.75, 3.05) is 26.3 Å². The third-order valence-electron chi connectivity index (χ3n) is 5.29. The second-order valence-electron chi connectivity index (χ2n) is 6.42. The molecule has 2 aliphatic heterocycles. The van der Waals surface area contributed by atoms with Crippen molar-refractivity contribution in [3.8, 4) is 11.5 Å². The molecule has 2 heterocycles. The molecule has 4 rings (SSSR count). The zero-order valence-electron chi connectivity index (χ0n) is 12.8. The van der Waals surface area contributed by atoms with Gasteiger partial charge in [0.05, 0.1) is 18.8 Å². The minimum atomic E-state index is -0.357. The molecule has 1 aromatic rings. The summed E-state index contributed by atoms with van der Waals surface area (Å²) in [5, 5.41) is 10.1. The van der Waals surface area contributed by atoms with Gasteiger partial charge >= 0.3 is 0 Å². The number of phenolic OH excluding ortho intramolecular Hbond substituents is 1. The summed E-state index contributed by atoms with van der Waals surface area (Å²) in [5.41, 5.74) is 1.00. The van der Waals surface area contributed by atoms with E-state index in [-0.39, 0.29) is 23.2 Å². The Labute approximate surface area is 129 Å². The number of ether oxygens (including phenoxy) is 2. The molecular formula is C17H21NO4. The maximum atomic E-state index is 12.0. The Kier molecular flexibility index (Phi) is 3.16. The van der Waals surface area contributed by atoms with Crippen molar-refractivity contribution in [1.29, 1.82) is 0 Å². The molecule has 1 saturated heterocycles. The Morgan fingerprint density at radius 3 is 2.86 bits per heavy atom. The molecule has 5 heteroatoms. The van der Waals surface area contributed by atoms with Gasteiger partial charge in [0.1, 0.15) is 11.5 Å². The van der Waals surface area contributed by atoms with E-state index in [1.807, 2.05) is 0 Å². The maximum absolute atomic E-state index is 12.0. The van der Waals surface area contributed by atoms with Crippen LogP contribution in [0.2, 0.25) is 0 Å². The zero-order valence-corrected chi connectivity index (χ0v) is 12.8. The van der Waals surface area contributed by atoms with E-state index in [0.29, 0.717) is 5.56 Å². The molecule has 2 atom stereocenters. The summed E-state index contributed by atoms with van der Waals surface area (Å²) in [6.45, 7) is 4.66. The van der Waals surface area contributed by atoms with Gasteiger partial charge in [0, 0.05) is 31.0 Å². The van der Waals surface area contributed by atoms with Crippen LogP contribution in [-0.2, 0) is 4.74 Å². The summed E-state index contributed by atoms with van der Waals surface area (Å²) >= 11 is 0. The number of Topliss-reactive ketones (excluding diaryl/α,β-unsaturated/α-hetero) is 1. The highest BCUT2D eigenvalue weighted by Gasteiger charge is 2.56. The predicted molar refractivity (Wildman–Crippen MR) is 80.5 cm³/mol. The molecule has 1 N–H and O–H groups in total. The van der Waals surface area contributed by atoms with Crippen molar-refractivity contribution < 1.29 is 19.4 Å². The smallest absolute Gasteiger partial charge is 0.170 e. The fourth-order valence-corrected chi connectivity index (χ4v) is 4.42. The van der Waals surface area contributed by atoms with Crippen molar-refractivity contribution in [1.82, 2.24) is 4.90 Å². The van der Waals surface area contributed by atoms with E-state index in [9.17, 15) is 9.90 Å². The highest BCUT2D eigenvalue weighted by Crippen LogP contribution is 2.57. The van der Waals surface area contributed by atoms with Gasteiger partial charge in [-0.1, -0.05) is 0 Å². The van der Waals surface area contributed by atoms with Crippen LogP contribution in [0.4, 0.5) is 0 Å². The number of carbonyl (C=O) groups is 1.